The SMILES string of the molecule is Nc1n[nH]c(C2(N)CCOC2)n1. The predicted molar refractivity (Wildman–Crippen MR) is 42.1 cm³/mol. The first-order valence-electron chi connectivity index (χ1n) is 3.76. The van der Waals surface area contributed by atoms with Gasteiger partial charge in [0, 0.05) is 6.61 Å². The van der Waals surface area contributed by atoms with Gasteiger partial charge in [0.25, 0.3) is 0 Å². The van der Waals surface area contributed by atoms with Gasteiger partial charge in [-0.05, 0) is 6.42 Å². The molecule has 12 heavy (non-hydrogen) atoms. The van der Waals surface area contributed by atoms with Crippen molar-refractivity contribution in [3.8, 4) is 0 Å². The van der Waals surface area contributed by atoms with Crippen molar-refractivity contribution in [2.75, 3.05) is 18.9 Å². The number of nitrogen functional groups attached to an aromatic ring is 1. The Bertz CT molecular complexity index is 277. The Kier molecular flexibility index (Phi) is 1.52. The van der Waals surface area contributed by atoms with Crippen molar-refractivity contribution in [2.45, 2.75) is 12.0 Å². The third kappa shape index (κ3) is 1.05. The molecule has 0 aliphatic carbocycles. The van der Waals surface area contributed by atoms with Crippen molar-refractivity contribution < 1.29 is 4.74 Å². The van der Waals surface area contributed by atoms with Gasteiger partial charge < -0.3 is 16.2 Å². The van der Waals surface area contributed by atoms with Crippen LogP contribution < -0.4 is 11.5 Å². The van der Waals surface area contributed by atoms with E-state index in [0.717, 1.165) is 6.42 Å². The summed E-state index contributed by atoms with van der Waals surface area (Å²) in [4.78, 5) is 3.97. The van der Waals surface area contributed by atoms with E-state index in [2.05, 4.69) is 15.2 Å². The molecule has 2 rings (SSSR count). The fourth-order valence-electron chi connectivity index (χ4n) is 1.26. The number of nitrogens with two attached hydrogens (primary N) is 2. The van der Waals surface area contributed by atoms with Gasteiger partial charge in [0.05, 0.1) is 6.61 Å². The molecule has 2 heterocycles. The van der Waals surface area contributed by atoms with E-state index >= 15 is 0 Å². The summed E-state index contributed by atoms with van der Waals surface area (Å²) in [5.74, 6) is 0.833. The highest BCUT2D eigenvalue weighted by molar-refractivity contribution is 5.17. The maximum atomic E-state index is 5.98. The maximum absolute atomic E-state index is 5.98. The first-order chi connectivity index (χ1) is 5.71. The molecule has 0 aromatic carbocycles. The number of ether oxygens (including phenoxy) is 1. The lowest BCUT2D eigenvalue weighted by molar-refractivity contribution is 0.176. The van der Waals surface area contributed by atoms with E-state index < -0.39 is 5.54 Å². The topological polar surface area (TPSA) is 103 Å². The molecule has 1 aromatic heterocycles. The third-order valence-corrected chi connectivity index (χ3v) is 2.03. The van der Waals surface area contributed by atoms with Crippen LogP contribution in [-0.2, 0) is 10.3 Å². The van der Waals surface area contributed by atoms with E-state index in [4.69, 9.17) is 16.2 Å². The molecule has 1 aliphatic heterocycles. The summed E-state index contributed by atoms with van der Waals surface area (Å²) < 4.78 is 5.17. The van der Waals surface area contributed by atoms with Gasteiger partial charge in [-0.2, -0.15) is 4.98 Å². The summed E-state index contributed by atoms with van der Waals surface area (Å²) >= 11 is 0. The summed E-state index contributed by atoms with van der Waals surface area (Å²) in [6.45, 7) is 1.14. The van der Waals surface area contributed by atoms with Gasteiger partial charge in [-0.15, -0.1) is 5.10 Å². The zero-order valence-electron chi connectivity index (χ0n) is 6.58. The molecule has 0 bridgehead atoms. The molecule has 0 radical (unpaired) electrons. The van der Waals surface area contributed by atoms with Crippen LogP contribution in [0.15, 0.2) is 0 Å². The molecular weight excluding hydrogens is 158 g/mol. The summed E-state index contributed by atoms with van der Waals surface area (Å²) in [6, 6.07) is 0. The van der Waals surface area contributed by atoms with Crippen LogP contribution in [-0.4, -0.2) is 28.4 Å². The van der Waals surface area contributed by atoms with Crippen LogP contribution in [0.5, 0.6) is 0 Å². The molecule has 0 spiro atoms. The van der Waals surface area contributed by atoms with E-state index in [-0.39, 0.29) is 5.95 Å². The van der Waals surface area contributed by atoms with Crippen molar-refractivity contribution in [2.24, 2.45) is 5.73 Å². The first-order valence-corrected chi connectivity index (χ1v) is 3.76. The molecule has 1 atom stereocenters. The zero-order chi connectivity index (χ0) is 8.60. The largest absolute Gasteiger partial charge is 0.379 e. The average molecular weight is 169 g/mol. The molecule has 66 valence electrons. The van der Waals surface area contributed by atoms with Crippen LogP contribution >= 0.6 is 0 Å². The van der Waals surface area contributed by atoms with Gasteiger partial charge in [0.2, 0.25) is 5.95 Å². The second kappa shape index (κ2) is 2.43. The number of nitrogens with one attached hydrogen (secondary N) is 1. The van der Waals surface area contributed by atoms with Gasteiger partial charge >= 0.3 is 0 Å². The Hall–Kier alpha value is -1.14. The molecule has 1 aliphatic rings. The Morgan fingerprint density at radius 2 is 2.42 bits per heavy atom. The quantitative estimate of drug-likeness (QED) is 0.498. The normalized spacial score (nSPS) is 29.4. The molecule has 1 unspecified atom stereocenters. The molecule has 6 heteroatoms. The van der Waals surface area contributed by atoms with E-state index in [1.165, 1.54) is 0 Å². The Morgan fingerprint density at radius 1 is 1.58 bits per heavy atom. The number of aromatic nitrogens is 3. The molecule has 6 nitrogen and oxygen atoms in total. The predicted octanol–water partition coefficient (Wildman–Crippen LogP) is -1.04. The smallest absolute Gasteiger partial charge is 0.239 e. The minimum atomic E-state index is -0.523. The number of hydrogen-bond donors (Lipinski definition) is 3. The standard InChI is InChI=1S/C6H11N5O/c7-5-9-4(10-11-5)6(8)1-2-12-3-6/h1-3,8H2,(H3,7,9,10,11). The molecule has 1 saturated heterocycles. The fraction of sp³-hybridized carbons (Fsp3) is 0.667. The Morgan fingerprint density at radius 3 is 2.92 bits per heavy atom. The third-order valence-electron chi connectivity index (χ3n) is 2.03. The minimum absolute atomic E-state index is 0.224. The summed E-state index contributed by atoms with van der Waals surface area (Å²) in [7, 11) is 0. The zero-order valence-corrected chi connectivity index (χ0v) is 6.58. The number of H-pyrrole nitrogens is 1. The van der Waals surface area contributed by atoms with Crippen LogP contribution in [0.3, 0.4) is 0 Å². The van der Waals surface area contributed by atoms with Crippen LogP contribution in [0.4, 0.5) is 5.95 Å². The fourth-order valence-corrected chi connectivity index (χ4v) is 1.26. The van der Waals surface area contributed by atoms with Crippen molar-refractivity contribution in [1.82, 2.24) is 15.2 Å². The summed E-state index contributed by atoms with van der Waals surface area (Å²) in [5, 5.41) is 6.41. The van der Waals surface area contributed by atoms with Crippen LogP contribution in [0.1, 0.15) is 12.2 Å². The second-order valence-electron chi connectivity index (χ2n) is 3.00. The lowest BCUT2D eigenvalue weighted by atomic mass is 10.00. The highest BCUT2D eigenvalue weighted by atomic mass is 16.5. The highest BCUT2D eigenvalue weighted by Gasteiger charge is 2.35. The average Bonchev–Trinajstić information content (AvgIpc) is 2.59. The lowest BCUT2D eigenvalue weighted by Gasteiger charge is -2.17. The monoisotopic (exact) mass is 169 g/mol. The van der Waals surface area contributed by atoms with Crippen molar-refractivity contribution in [3.63, 3.8) is 0 Å². The van der Waals surface area contributed by atoms with E-state index in [9.17, 15) is 0 Å². The molecule has 0 amide bonds. The Balaban J connectivity index is 2.28. The van der Waals surface area contributed by atoms with Crippen molar-refractivity contribution in [3.05, 3.63) is 5.82 Å². The summed E-state index contributed by atoms with van der Waals surface area (Å²) in [5.41, 5.74) is 10.8. The van der Waals surface area contributed by atoms with Crippen molar-refractivity contribution >= 4 is 5.95 Å². The molecule has 0 saturated carbocycles. The highest BCUT2D eigenvalue weighted by Crippen LogP contribution is 2.24. The van der Waals surface area contributed by atoms with Gasteiger partial charge in [-0.25, -0.2) is 0 Å². The van der Waals surface area contributed by atoms with Gasteiger partial charge in [-0.3, -0.25) is 5.10 Å². The molecule has 1 aromatic rings. The Labute approximate surface area is 69.3 Å². The number of rotatable bonds is 1. The minimum Gasteiger partial charge on any atom is -0.379 e. The molecule has 1 fully saturated rings. The number of aromatic amines is 1. The van der Waals surface area contributed by atoms with E-state index in [1.807, 2.05) is 0 Å². The van der Waals surface area contributed by atoms with E-state index in [1.54, 1.807) is 0 Å². The first kappa shape index (κ1) is 7.51. The van der Waals surface area contributed by atoms with Crippen LogP contribution in [0.25, 0.3) is 0 Å². The van der Waals surface area contributed by atoms with E-state index in [0.29, 0.717) is 19.0 Å². The lowest BCUT2D eigenvalue weighted by Crippen LogP contribution is -2.38. The van der Waals surface area contributed by atoms with Gasteiger partial charge in [-0.1, -0.05) is 0 Å². The van der Waals surface area contributed by atoms with Crippen molar-refractivity contribution in [1.29, 1.82) is 0 Å². The number of hydrogen-bond acceptors (Lipinski definition) is 5. The van der Waals surface area contributed by atoms with Gasteiger partial charge in [0.1, 0.15) is 11.4 Å². The second-order valence-corrected chi connectivity index (χ2v) is 3.00. The molecule has 5 N–H and O–H groups in total. The number of anilines is 1. The maximum Gasteiger partial charge on any atom is 0.239 e. The summed E-state index contributed by atoms with van der Waals surface area (Å²) in [6.07, 6.45) is 0.752. The van der Waals surface area contributed by atoms with Crippen LogP contribution in [0.2, 0.25) is 0 Å². The number of nitrogens with zero attached hydrogens (tertiary/aromatic N) is 2. The molecular formula is C6H11N5O. The van der Waals surface area contributed by atoms with Crippen LogP contribution in [0, 0.1) is 0 Å². The van der Waals surface area contributed by atoms with Gasteiger partial charge in [0.15, 0.2) is 0 Å².